The summed E-state index contributed by atoms with van der Waals surface area (Å²) in [5, 5.41) is 2.44. The third kappa shape index (κ3) is 5.20. The fourth-order valence-corrected chi connectivity index (χ4v) is 2.22. The number of hydrogen-bond donors (Lipinski definition) is 1. The molecule has 2 rings (SSSR count). The van der Waals surface area contributed by atoms with Crippen LogP contribution in [0, 0.1) is 6.92 Å². The van der Waals surface area contributed by atoms with E-state index < -0.39 is 17.6 Å². The van der Waals surface area contributed by atoms with Crippen LogP contribution >= 0.6 is 0 Å². The van der Waals surface area contributed by atoms with Crippen molar-refractivity contribution in [1.29, 1.82) is 0 Å². The summed E-state index contributed by atoms with van der Waals surface area (Å²) in [6, 6.07) is 12.4. The Balaban J connectivity index is 2.02. The van der Waals surface area contributed by atoms with E-state index >= 15 is 0 Å². The molecule has 0 radical (unpaired) electrons. The number of nitrogens with one attached hydrogen (secondary N) is 1. The number of aromatic nitrogens is 1. The van der Waals surface area contributed by atoms with Crippen molar-refractivity contribution in [3.05, 3.63) is 64.1 Å². The molecule has 0 aliphatic carbocycles. The second-order valence-corrected chi connectivity index (χ2v) is 5.36. The largest absolute Gasteiger partial charge is 0.469 e. The number of ether oxygens (including phenoxy) is 2. The van der Waals surface area contributed by atoms with Gasteiger partial charge in [0.25, 0.3) is 5.56 Å². The minimum atomic E-state index is -0.718. The molecule has 1 N–H and O–H groups in total. The predicted molar refractivity (Wildman–Crippen MR) is 92.3 cm³/mol. The average Bonchev–Trinajstić information content (AvgIpc) is 2.63. The van der Waals surface area contributed by atoms with Gasteiger partial charge in [0, 0.05) is 12.2 Å². The Morgan fingerprint density at radius 3 is 2.52 bits per heavy atom. The summed E-state index contributed by atoms with van der Waals surface area (Å²) in [5.74, 6) is -0.410. The molecule has 0 atom stereocenters. The lowest BCUT2D eigenvalue weighted by Gasteiger charge is -2.12. The Morgan fingerprint density at radius 1 is 1.12 bits per heavy atom. The van der Waals surface area contributed by atoms with Crippen molar-refractivity contribution in [2.75, 3.05) is 12.4 Å². The second-order valence-electron chi connectivity index (χ2n) is 5.36. The van der Waals surface area contributed by atoms with Gasteiger partial charge in [0.2, 0.25) is 0 Å². The predicted octanol–water partition coefficient (Wildman–Crippen LogP) is 2.47. The van der Waals surface area contributed by atoms with Crippen LogP contribution in [0.15, 0.2) is 47.3 Å². The molecule has 25 heavy (non-hydrogen) atoms. The number of carbonyl (C=O) groups is 2. The standard InChI is InChI=1S/C18H20N2O5/c1-13-8-9-15(17(22)20(13)11-10-16(21)24-2)19-18(23)25-12-14-6-4-3-5-7-14/h3-9H,10-12H2,1-2H3,(H,19,23). The van der Waals surface area contributed by atoms with Gasteiger partial charge >= 0.3 is 12.1 Å². The Morgan fingerprint density at radius 2 is 1.84 bits per heavy atom. The molecule has 0 aliphatic rings. The van der Waals surface area contributed by atoms with Crippen molar-refractivity contribution in [3.63, 3.8) is 0 Å². The first kappa shape index (κ1) is 18.3. The highest BCUT2D eigenvalue weighted by molar-refractivity contribution is 5.84. The lowest BCUT2D eigenvalue weighted by molar-refractivity contribution is -0.140. The molecule has 0 unspecified atom stereocenters. The van der Waals surface area contributed by atoms with E-state index in [0.717, 1.165) is 5.56 Å². The van der Waals surface area contributed by atoms with Crippen LogP contribution in [0.1, 0.15) is 17.7 Å². The molecule has 0 aliphatic heterocycles. The molecular weight excluding hydrogens is 324 g/mol. The van der Waals surface area contributed by atoms with Gasteiger partial charge in [0.1, 0.15) is 12.3 Å². The Kier molecular flexibility index (Phi) is 6.33. The fraction of sp³-hybridized carbons (Fsp3) is 0.278. The van der Waals surface area contributed by atoms with Crippen LogP contribution in [0.4, 0.5) is 10.5 Å². The molecule has 1 heterocycles. The Labute approximate surface area is 145 Å². The Bertz CT molecular complexity index is 799. The summed E-state index contributed by atoms with van der Waals surface area (Å²) < 4.78 is 11.1. The maximum absolute atomic E-state index is 12.4. The minimum Gasteiger partial charge on any atom is -0.469 e. The van der Waals surface area contributed by atoms with Crippen LogP contribution in [0.25, 0.3) is 0 Å². The zero-order valence-corrected chi connectivity index (χ0v) is 14.2. The highest BCUT2D eigenvalue weighted by Gasteiger charge is 2.12. The third-order valence-corrected chi connectivity index (χ3v) is 3.61. The summed E-state index contributed by atoms with van der Waals surface area (Å²) >= 11 is 0. The number of methoxy groups -OCH3 is 1. The first-order valence-corrected chi connectivity index (χ1v) is 7.76. The third-order valence-electron chi connectivity index (χ3n) is 3.61. The van der Waals surface area contributed by atoms with E-state index in [2.05, 4.69) is 10.1 Å². The lowest BCUT2D eigenvalue weighted by Crippen LogP contribution is -2.28. The Hall–Kier alpha value is -3.09. The molecule has 1 amide bonds. The molecular formula is C18H20N2O5. The van der Waals surface area contributed by atoms with Gasteiger partial charge in [-0.05, 0) is 24.6 Å². The number of esters is 1. The first-order valence-electron chi connectivity index (χ1n) is 7.76. The average molecular weight is 344 g/mol. The molecule has 0 bridgehead atoms. The number of nitrogens with zero attached hydrogens (tertiary/aromatic N) is 1. The molecule has 1 aromatic carbocycles. The summed E-state index contributed by atoms with van der Waals surface area (Å²) in [5.41, 5.74) is 1.21. The van der Waals surface area contributed by atoms with E-state index in [4.69, 9.17) is 4.74 Å². The number of carbonyl (C=O) groups excluding carboxylic acids is 2. The quantitative estimate of drug-likeness (QED) is 0.814. The highest BCUT2D eigenvalue weighted by Crippen LogP contribution is 2.07. The first-order chi connectivity index (χ1) is 12.0. The minimum absolute atomic E-state index is 0.0686. The number of pyridine rings is 1. The van der Waals surface area contributed by atoms with Gasteiger partial charge in [-0.15, -0.1) is 0 Å². The van der Waals surface area contributed by atoms with Crippen molar-refractivity contribution in [2.45, 2.75) is 26.5 Å². The van der Waals surface area contributed by atoms with Gasteiger partial charge in [-0.1, -0.05) is 30.3 Å². The summed E-state index contributed by atoms with van der Waals surface area (Å²) in [6.07, 6.45) is -0.650. The summed E-state index contributed by atoms with van der Waals surface area (Å²) in [4.78, 5) is 35.6. The van der Waals surface area contributed by atoms with Crippen molar-refractivity contribution in [1.82, 2.24) is 4.57 Å². The van der Waals surface area contributed by atoms with Crippen molar-refractivity contribution < 1.29 is 19.1 Å². The van der Waals surface area contributed by atoms with Crippen LogP contribution in [0.5, 0.6) is 0 Å². The fourth-order valence-electron chi connectivity index (χ4n) is 2.22. The van der Waals surface area contributed by atoms with Gasteiger partial charge in [0.15, 0.2) is 0 Å². The number of aryl methyl sites for hydroxylation is 1. The summed E-state index contributed by atoms with van der Waals surface area (Å²) in [6.45, 7) is 2.02. The van der Waals surface area contributed by atoms with E-state index in [9.17, 15) is 14.4 Å². The smallest absolute Gasteiger partial charge is 0.412 e. The molecule has 0 fully saturated rings. The second kappa shape index (κ2) is 8.68. The highest BCUT2D eigenvalue weighted by atomic mass is 16.5. The molecule has 1 aromatic heterocycles. The van der Waals surface area contributed by atoms with Crippen molar-refractivity contribution in [3.8, 4) is 0 Å². The topological polar surface area (TPSA) is 86.6 Å². The van der Waals surface area contributed by atoms with Crippen LogP contribution in [-0.4, -0.2) is 23.7 Å². The number of rotatable bonds is 6. The zero-order chi connectivity index (χ0) is 18.2. The molecule has 132 valence electrons. The molecule has 0 saturated carbocycles. The van der Waals surface area contributed by atoms with Crippen LogP contribution in [0.3, 0.4) is 0 Å². The number of hydrogen-bond acceptors (Lipinski definition) is 5. The lowest BCUT2D eigenvalue weighted by atomic mass is 10.2. The van der Waals surface area contributed by atoms with Crippen molar-refractivity contribution in [2.24, 2.45) is 0 Å². The number of amides is 1. The van der Waals surface area contributed by atoms with Gasteiger partial charge in [-0.3, -0.25) is 14.9 Å². The van der Waals surface area contributed by atoms with E-state index in [1.165, 1.54) is 17.7 Å². The molecule has 0 saturated heterocycles. The maximum atomic E-state index is 12.4. The van der Waals surface area contributed by atoms with Crippen LogP contribution in [-0.2, 0) is 27.4 Å². The van der Waals surface area contributed by atoms with E-state index in [1.807, 2.05) is 30.3 Å². The van der Waals surface area contributed by atoms with Gasteiger partial charge in [-0.25, -0.2) is 4.79 Å². The van der Waals surface area contributed by atoms with E-state index in [0.29, 0.717) is 5.69 Å². The monoisotopic (exact) mass is 344 g/mol. The van der Waals surface area contributed by atoms with E-state index in [1.54, 1.807) is 13.0 Å². The molecule has 0 spiro atoms. The van der Waals surface area contributed by atoms with E-state index in [-0.39, 0.29) is 25.3 Å². The molecule has 2 aromatic rings. The molecule has 7 heteroatoms. The van der Waals surface area contributed by atoms with Crippen LogP contribution < -0.4 is 10.9 Å². The van der Waals surface area contributed by atoms with Crippen LogP contribution in [0.2, 0.25) is 0 Å². The SMILES string of the molecule is COC(=O)CCn1c(C)ccc(NC(=O)OCc2ccccc2)c1=O. The maximum Gasteiger partial charge on any atom is 0.412 e. The van der Waals surface area contributed by atoms with Gasteiger partial charge < -0.3 is 14.0 Å². The van der Waals surface area contributed by atoms with Gasteiger partial charge in [-0.2, -0.15) is 0 Å². The summed E-state index contributed by atoms with van der Waals surface area (Å²) in [7, 11) is 1.29. The van der Waals surface area contributed by atoms with Gasteiger partial charge in [0.05, 0.1) is 13.5 Å². The number of benzene rings is 1. The number of anilines is 1. The normalized spacial score (nSPS) is 10.2. The molecule has 7 nitrogen and oxygen atoms in total. The zero-order valence-electron chi connectivity index (χ0n) is 14.2. The van der Waals surface area contributed by atoms with Crippen molar-refractivity contribution >= 4 is 17.7 Å².